The van der Waals surface area contributed by atoms with Gasteiger partial charge < -0.3 is 9.80 Å². The highest BCUT2D eigenvalue weighted by Gasteiger charge is 2.24. The zero-order chi connectivity index (χ0) is 13.8. The highest BCUT2D eigenvalue weighted by atomic mass is 16.2. The lowest BCUT2D eigenvalue weighted by molar-refractivity contribution is -0.129. The molecule has 100 valence electrons. The van der Waals surface area contributed by atoms with E-state index in [1.54, 1.807) is 24.1 Å². The lowest BCUT2D eigenvalue weighted by Crippen LogP contribution is -2.45. The molecule has 0 aromatic carbocycles. The minimum Gasteiger partial charge on any atom is -0.343 e. The Hall–Kier alpha value is -2.16. The maximum atomic E-state index is 11.3. The predicted molar refractivity (Wildman–Crippen MR) is 70.4 cm³/mol. The van der Waals surface area contributed by atoms with E-state index in [0.29, 0.717) is 11.6 Å². The molecule has 0 saturated carbocycles. The Morgan fingerprint density at radius 3 is 2.79 bits per heavy atom. The molecule has 19 heavy (non-hydrogen) atoms. The summed E-state index contributed by atoms with van der Waals surface area (Å²) in [6.07, 6.45) is 3.40. The van der Waals surface area contributed by atoms with Crippen LogP contribution in [0.2, 0.25) is 0 Å². The van der Waals surface area contributed by atoms with E-state index in [1.165, 1.54) is 0 Å². The van der Waals surface area contributed by atoms with Gasteiger partial charge in [0.15, 0.2) is 0 Å². The second-order valence-corrected chi connectivity index (χ2v) is 4.70. The van der Waals surface area contributed by atoms with Gasteiger partial charge in [-0.3, -0.25) is 4.79 Å². The first-order valence-corrected chi connectivity index (χ1v) is 6.33. The van der Waals surface area contributed by atoms with Crippen LogP contribution in [0.1, 0.15) is 25.5 Å². The lowest BCUT2D eigenvalue weighted by atomic mass is 10.0. The Morgan fingerprint density at radius 2 is 2.21 bits per heavy atom. The predicted octanol–water partition coefficient (Wildman–Crippen LogP) is 0.795. The number of nitrogens with zero attached hydrogens (tertiary/aromatic N) is 5. The van der Waals surface area contributed by atoms with Gasteiger partial charge in [-0.05, 0) is 18.9 Å². The molecule has 1 aliphatic heterocycles. The van der Waals surface area contributed by atoms with Crippen LogP contribution in [0.25, 0.3) is 0 Å². The maximum absolute atomic E-state index is 11.3. The summed E-state index contributed by atoms with van der Waals surface area (Å²) in [7, 11) is 1.84. The zero-order valence-corrected chi connectivity index (χ0v) is 11.2. The molecule has 0 bridgehead atoms. The van der Waals surface area contributed by atoms with Gasteiger partial charge in [-0.15, -0.1) is 0 Å². The molecule has 1 aromatic rings. The van der Waals surface area contributed by atoms with Crippen molar-refractivity contribution in [1.29, 1.82) is 5.26 Å². The fourth-order valence-corrected chi connectivity index (χ4v) is 2.27. The van der Waals surface area contributed by atoms with Gasteiger partial charge in [0.25, 0.3) is 0 Å². The molecule has 0 spiro atoms. The quantitative estimate of drug-likeness (QED) is 0.785. The number of hydrogen-bond donors (Lipinski definition) is 0. The minimum absolute atomic E-state index is 0.0983. The average molecular weight is 259 g/mol. The SMILES string of the molecule is CC(=O)N(C)C1CCN(c2nccc(C#N)n2)CC1. The molecule has 6 heteroatoms. The van der Waals surface area contributed by atoms with Crippen LogP contribution in [0, 0.1) is 11.3 Å². The highest BCUT2D eigenvalue weighted by Crippen LogP contribution is 2.19. The van der Waals surface area contributed by atoms with Gasteiger partial charge >= 0.3 is 0 Å². The molecule has 0 radical (unpaired) electrons. The van der Waals surface area contributed by atoms with Crippen LogP contribution < -0.4 is 4.90 Å². The van der Waals surface area contributed by atoms with Gasteiger partial charge in [-0.1, -0.05) is 0 Å². The van der Waals surface area contributed by atoms with Gasteiger partial charge in [0.05, 0.1) is 0 Å². The molecule has 0 unspecified atom stereocenters. The topological polar surface area (TPSA) is 73.1 Å². The number of amides is 1. The highest BCUT2D eigenvalue weighted by molar-refractivity contribution is 5.73. The average Bonchev–Trinajstić information content (AvgIpc) is 2.46. The summed E-state index contributed by atoms with van der Waals surface area (Å²) in [5.41, 5.74) is 0.382. The summed E-state index contributed by atoms with van der Waals surface area (Å²) < 4.78 is 0. The largest absolute Gasteiger partial charge is 0.343 e. The standard InChI is InChI=1S/C13H17N5O/c1-10(19)17(2)12-4-7-18(8-5-12)13-15-6-3-11(9-14)16-13/h3,6,12H,4-5,7-8H2,1-2H3. The van der Waals surface area contributed by atoms with Crippen LogP contribution in [0.3, 0.4) is 0 Å². The Balaban J connectivity index is 2.00. The van der Waals surface area contributed by atoms with Crippen LogP contribution in [0.15, 0.2) is 12.3 Å². The van der Waals surface area contributed by atoms with Gasteiger partial charge in [0, 0.05) is 39.3 Å². The molecule has 2 rings (SSSR count). The van der Waals surface area contributed by atoms with Gasteiger partial charge in [-0.25, -0.2) is 9.97 Å². The summed E-state index contributed by atoms with van der Waals surface area (Å²) in [4.78, 5) is 23.6. The van der Waals surface area contributed by atoms with Crippen molar-refractivity contribution < 1.29 is 4.79 Å². The van der Waals surface area contributed by atoms with Crippen molar-refractivity contribution in [2.45, 2.75) is 25.8 Å². The third-order valence-electron chi connectivity index (χ3n) is 3.55. The van der Waals surface area contributed by atoms with E-state index < -0.39 is 0 Å². The Morgan fingerprint density at radius 1 is 1.53 bits per heavy atom. The number of rotatable bonds is 2. The number of nitriles is 1. The third kappa shape index (κ3) is 2.99. The maximum Gasteiger partial charge on any atom is 0.226 e. The van der Waals surface area contributed by atoms with Crippen molar-refractivity contribution in [1.82, 2.24) is 14.9 Å². The summed E-state index contributed by atoms with van der Waals surface area (Å²) in [6, 6.07) is 3.90. The lowest BCUT2D eigenvalue weighted by Gasteiger charge is -2.36. The molecule has 2 heterocycles. The summed E-state index contributed by atoms with van der Waals surface area (Å²) >= 11 is 0. The van der Waals surface area contributed by atoms with E-state index in [9.17, 15) is 4.79 Å². The molecule has 1 fully saturated rings. The van der Waals surface area contributed by atoms with Crippen molar-refractivity contribution in [3.63, 3.8) is 0 Å². The van der Waals surface area contributed by atoms with E-state index >= 15 is 0 Å². The molecular weight excluding hydrogens is 242 g/mol. The first-order valence-electron chi connectivity index (χ1n) is 6.33. The van der Waals surface area contributed by atoms with Crippen molar-refractivity contribution in [2.24, 2.45) is 0 Å². The molecule has 1 aromatic heterocycles. The monoisotopic (exact) mass is 259 g/mol. The molecule has 1 amide bonds. The smallest absolute Gasteiger partial charge is 0.226 e. The van der Waals surface area contributed by atoms with Gasteiger partial charge in [-0.2, -0.15) is 5.26 Å². The van der Waals surface area contributed by atoms with Crippen molar-refractivity contribution >= 4 is 11.9 Å². The van der Waals surface area contributed by atoms with E-state index in [1.807, 2.05) is 13.1 Å². The number of piperidine rings is 1. The summed E-state index contributed by atoms with van der Waals surface area (Å²) in [6.45, 7) is 3.19. The normalized spacial score (nSPS) is 15.9. The molecule has 0 aliphatic carbocycles. The fourth-order valence-electron chi connectivity index (χ4n) is 2.27. The number of carbonyl (C=O) groups is 1. The zero-order valence-electron chi connectivity index (χ0n) is 11.2. The Kier molecular flexibility index (Phi) is 3.95. The van der Waals surface area contributed by atoms with E-state index in [-0.39, 0.29) is 11.9 Å². The molecule has 0 N–H and O–H groups in total. The van der Waals surface area contributed by atoms with E-state index in [0.717, 1.165) is 25.9 Å². The van der Waals surface area contributed by atoms with Gasteiger partial charge in [0.1, 0.15) is 11.8 Å². The van der Waals surface area contributed by atoms with E-state index in [4.69, 9.17) is 5.26 Å². The minimum atomic E-state index is 0.0983. The first-order chi connectivity index (χ1) is 9.11. The van der Waals surface area contributed by atoms with Crippen molar-refractivity contribution in [3.05, 3.63) is 18.0 Å². The van der Waals surface area contributed by atoms with Crippen LogP contribution in [0.5, 0.6) is 0 Å². The molecule has 6 nitrogen and oxygen atoms in total. The van der Waals surface area contributed by atoms with E-state index in [2.05, 4.69) is 14.9 Å². The Labute approximate surface area is 112 Å². The van der Waals surface area contributed by atoms with Gasteiger partial charge in [0.2, 0.25) is 11.9 Å². The number of aromatic nitrogens is 2. The van der Waals surface area contributed by atoms with Crippen molar-refractivity contribution in [3.8, 4) is 6.07 Å². The second-order valence-electron chi connectivity index (χ2n) is 4.70. The first kappa shape index (κ1) is 13.3. The van der Waals surface area contributed by atoms with Crippen LogP contribution in [-0.2, 0) is 4.79 Å². The molecule has 1 saturated heterocycles. The third-order valence-corrected chi connectivity index (χ3v) is 3.55. The van der Waals surface area contributed by atoms with Crippen LogP contribution in [-0.4, -0.2) is 47.0 Å². The number of carbonyl (C=O) groups excluding carboxylic acids is 1. The fraction of sp³-hybridized carbons (Fsp3) is 0.538. The van der Waals surface area contributed by atoms with Crippen LogP contribution in [0.4, 0.5) is 5.95 Å². The summed E-state index contributed by atoms with van der Waals surface area (Å²) in [5, 5.41) is 8.83. The Bertz CT molecular complexity index is 502. The van der Waals surface area contributed by atoms with Crippen molar-refractivity contribution in [2.75, 3.05) is 25.0 Å². The number of anilines is 1. The number of hydrogen-bond acceptors (Lipinski definition) is 5. The van der Waals surface area contributed by atoms with Crippen LogP contribution >= 0.6 is 0 Å². The molecule has 0 atom stereocenters. The second kappa shape index (κ2) is 5.65. The summed E-state index contributed by atoms with van der Waals surface area (Å²) in [5.74, 6) is 0.698. The molecule has 1 aliphatic rings. The molecular formula is C13H17N5O.